The predicted molar refractivity (Wildman–Crippen MR) is 110 cm³/mol. The van der Waals surface area contributed by atoms with Crippen LogP contribution in [0.15, 0.2) is 54.1 Å². The van der Waals surface area contributed by atoms with Crippen molar-refractivity contribution in [2.24, 2.45) is 0 Å². The molecule has 5 heteroatoms. The van der Waals surface area contributed by atoms with E-state index in [2.05, 4.69) is 25.1 Å². The van der Waals surface area contributed by atoms with Crippen LogP contribution in [0.4, 0.5) is 5.69 Å². The van der Waals surface area contributed by atoms with E-state index in [-0.39, 0.29) is 18.0 Å². The predicted octanol–water partition coefficient (Wildman–Crippen LogP) is 6.20. The summed E-state index contributed by atoms with van der Waals surface area (Å²) in [5, 5.41) is 11.2. The number of hydrogen-bond donors (Lipinski definition) is 0. The molecule has 26 heavy (non-hydrogen) atoms. The van der Waals surface area contributed by atoms with Crippen molar-refractivity contribution in [1.29, 1.82) is 0 Å². The van der Waals surface area contributed by atoms with Crippen LogP contribution in [0, 0.1) is 10.1 Å². The Balaban J connectivity index is 0.000000258. The van der Waals surface area contributed by atoms with Gasteiger partial charge in [0.15, 0.2) is 0 Å². The Morgan fingerprint density at radius 3 is 2.08 bits per heavy atom. The van der Waals surface area contributed by atoms with Gasteiger partial charge in [0.1, 0.15) is 0 Å². The zero-order valence-electron chi connectivity index (χ0n) is 14.6. The van der Waals surface area contributed by atoms with E-state index in [9.17, 15) is 10.1 Å². The maximum absolute atomic E-state index is 10.4. The molecular weight excluding hydrogens is 348 g/mol. The second-order valence-corrected chi connectivity index (χ2v) is 6.81. The van der Waals surface area contributed by atoms with Gasteiger partial charge in [-0.1, -0.05) is 42.8 Å². The number of benzene rings is 2. The van der Waals surface area contributed by atoms with Crippen molar-refractivity contribution in [3.8, 4) is 0 Å². The molecule has 0 radical (unpaired) electrons. The molecule has 1 aliphatic rings. The van der Waals surface area contributed by atoms with E-state index in [1.165, 1.54) is 30.4 Å². The fourth-order valence-electron chi connectivity index (χ4n) is 2.41. The summed E-state index contributed by atoms with van der Waals surface area (Å²) in [5.41, 5.74) is 3.95. The average molecular weight is 375 g/mol. The maximum Gasteiger partial charge on any atom is 0.269 e. The molecule has 0 atom stereocenters. The summed E-state index contributed by atoms with van der Waals surface area (Å²) in [6, 6.07) is 14.6. The minimum absolute atomic E-state index is 0. The third-order valence-corrected chi connectivity index (χ3v) is 4.13. The van der Waals surface area contributed by atoms with Crippen molar-refractivity contribution in [2.75, 3.05) is 14.1 Å². The summed E-state index contributed by atoms with van der Waals surface area (Å²) in [6.45, 7) is 0.969. The summed E-state index contributed by atoms with van der Waals surface area (Å²) >= 11 is 5.73. The summed E-state index contributed by atoms with van der Waals surface area (Å²) in [5.74, 6) is 0. The van der Waals surface area contributed by atoms with Crippen molar-refractivity contribution < 1.29 is 4.92 Å². The number of non-ortho nitro benzene ring substituents is 1. The fourth-order valence-corrected chi connectivity index (χ4v) is 2.53. The highest BCUT2D eigenvalue weighted by atomic mass is 35.5. The third-order valence-electron chi connectivity index (χ3n) is 3.88. The number of allylic oxidation sites excluding steroid dienone is 1. The highest BCUT2D eigenvalue weighted by Crippen LogP contribution is 2.27. The van der Waals surface area contributed by atoms with Crippen LogP contribution in [0.3, 0.4) is 0 Å². The van der Waals surface area contributed by atoms with Gasteiger partial charge in [-0.25, -0.2) is 0 Å². The smallest absolute Gasteiger partial charge is 0.269 e. The molecule has 0 aliphatic heterocycles. The topological polar surface area (TPSA) is 46.4 Å². The minimum atomic E-state index is -0.375. The van der Waals surface area contributed by atoms with Crippen LogP contribution in [-0.4, -0.2) is 23.9 Å². The Kier molecular flexibility index (Phi) is 9.03. The van der Waals surface area contributed by atoms with Crippen molar-refractivity contribution in [2.45, 2.75) is 33.2 Å². The van der Waals surface area contributed by atoms with Crippen LogP contribution in [-0.2, 0) is 6.54 Å². The summed E-state index contributed by atoms with van der Waals surface area (Å²) in [4.78, 5) is 12.1. The maximum atomic E-state index is 10.4. The first kappa shape index (κ1) is 21.9. The zero-order valence-corrected chi connectivity index (χ0v) is 15.4. The zero-order chi connectivity index (χ0) is 18.2. The van der Waals surface area contributed by atoms with Gasteiger partial charge in [0.2, 0.25) is 0 Å². The van der Waals surface area contributed by atoms with E-state index in [1.54, 1.807) is 24.3 Å². The quantitative estimate of drug-likeness (QED) is 0.472. The molecule has 0 spiro atoms. The molecule has 1 saturated carbocycles. The number of halogens is 1. The molecule has 0 amide bonds. The van der Waals surface area contributed by atoms with Gasteiger partial charge in [0.25, 0.3) is 5.69 Å². The van der Waals surface area contributed by atoms with Gasteiger partial charge in [-0.05, 0) is 68.8 Å². The number of hydrogen-bond acceptors (Lipinski definition) is 3. The van der Waals surface area contributed by atoms with Crippen LogP contribution >= 0.6 is 11.6 Å². The van der Waals surface area contributed by atoms with Crippen molar-refractivity contribution in [3.05, 3.63) is 80.4 Å². The van der Waals surface area contributed by atoms with E-state index < -0.39 is 0 Å². The monoisotopic (exact) mass is 374 g/mol. The van der Waals surface area contributed by atoms with Gasteiger partial charge in [0.05, 0.1) is 4.92 Å². The van der Waals surface area contributed by atoms with E-state index in [0.717, 1.165) is 17.1 Å². The van der Waals surface area contributed by atoms with Gasteiger partial charge in [-0.15, -0.1) is 0 Å². The molecular formula is C21H27ClN2O2. The number of rotatable bonds is 4. The molecule has 0 aromatic heterocycles. The van der Waals surface area contributed by atoms with Crippen LogP contribution in [0.1, 0.15) is 37.8 Å². The van der Waals surface area contributed by atoms with Gasteiger partial charge in [-0.3, -0.25) is 10.1 Å². The summed E-state index contributed by atoms with van der Waals surface area (Å²) in [7, 11) is 4.10. The molecule has 3 rings (SSSR count). The minimum Gasteiger partial charge on any atom is -0.305 e. The molecule has 4 nitrogen and oxygen atoms in total. The number of nitrogens with zero attached hydrogens (tertiary/aromatic N) is 2. The molecule has 1 fully saturated rings. The van der Waals surface area contributed by atoms with Crippen molar-refractivity contribution in [1.82, 2.24) is 4.90 Å². The molecule has 2 aromatic carbocycles. The Labute approximate surface area is 161 Å². The first-order valence-electron chi connectivity index (χ1n) is 8.27. The molecule has 0 N–H and O–H groups in total. The van der Waals surface area contributed by atoms with Crippen LogP contribution in [0.5, 0.6) is 0 Å². The highest BCUT2D eigenvalue weighted by molar-refractivity contribution is 6.30. The Morgan fingerprint density at radius 2 is 1.65 bits per heavy atom. The van der Waals surface area contributed by atoms with Crippen LogP contribution < -0.4 is 0 Å². The van der Waals surface area contributed by atoms with Gasteiger partial charge in [-0.2, -0.15) is 0 Å². The average Bonchev–Trinajstić information content (AvgIpc) is 2.54. The molecule has 140 valence electrons. The summed E-state index contributed by atoms with van der Waals surface area (Å²) < 4.78 is 0. The molecule has 0 saturated heterocycles. The van der Waals surface area contributed by atoms with Crippen molar-refractivity contribution in [3.63, 3.8) is 0 Å². The second-order valence-electron chi connectivity index (χ2n) is 6.37. The van der Waals surface area contributed by atoms with Gasteiger partial charge < -0.3 is 4.90 Å². The van der Waals surface area contributed by atoms with E-state index in [0.29, 0.717) is 0 Å². The van der Waals surface area contributed by atoms with Gasteiger partial charge >= 0.3 is 0 Å². The van der Waals surface area contributed by atoms with E-state index in [4.69, 9.17) is 11.6 Å². The lowest BCUT2D eigenvalue weighted by Crippen LogP contribution is -2.10. The SMILES string of the molecule is C.CN(C)Cc1ccc(Cl)cc1.O=[N+]([O-])c1ccc(C=C2CCC2)cc1. The lowest BCUT2D eigenvalue weighted by atomic mass is 9.91. The molecule has 0 bridgehead atoms. The Hall–Kier alpha value is -2.17. The van der Waals surface area contributed by atoms with Crippen LogP contribution in [0.2, 0.25) is 5.02 Å². The Bertz CT molecular complexity index is 717. The second kappa shape index (κ2) is 10.7. The molecule has 2 aromatic rings. The number of nitro groups is 1. The van der Waals surface area contributed by atoms with E-state index >= 15 is 0 Å². The van der Waals surface area contributed by atoms with Crippen LogP contribution in [0.25, 0.3) is 6.08 Å². The lowest BCUT2D eigenvalue weighted by Gasteiger charge is -2.15. The third kappa shape index (κ3) is 7.38. The number of nitro benzene ring substituents is 1. The summed E-state index contributed by atoms with van der Waals surface area (Å²) in [6.07, 6.45) is 5.75. The van der Waals surface area contributed by atoms with Gasteiger partial charge in [0, 0.05) is 23.7 Å². The van der Waals surface area contributed by atoms with Crippen molar-refractivity contribution >= 4 is 23.4 Å². The standard InChI is InChI=1S/C11H11NO2.C9H12ClN.CH4/c13-12(14)11-6-4-10(5-7-11)8-9-2-1-3-9;1-11(2)7-8-3-5-9(10)6-4-8;/h4-8H,1-3H2;3-6H,7H2,1-2H3;1H4. The Morgan fingerprint density at radius 1 is 1.08 bits per heavy atom. The first-order chi connectivity index (χ1) is 11.9. The highest BCUT2D eigenvalue weighted by Gasteiger charge is 2.08. The first-order valence-corrected chi connectivity index (χ1v) is 8.65. The molecule has 0 heterocycles. The molecule has 1 aliphatic carbocycles. The fraction of sp³-hybridized carbons (Fsp3) is 0.333. The van der Waals surface area contributed by atoms with E-state index in [1.807, 2.05) is 24.3 Å². The lowest BCUT2D eigenvalue weighted by molar-refractivity contribution is -0.384. The largest absolute Gasteiger partial charge is 0.305 e. The molecule has 0 unspecified atom stereocenters. The normalized spacial score (nSPS) is 12.4.